The number of ether oxygens (including phenoxy) is 1. The van der Waals surface area contributed by atoms with Gasteiger partial charge in [-0.15, -0.1) is 0 Å². The summed E-state index contributed by atoms with van der Waals surface area (Å²) in [6, 6.07) is 0. The van der Waals surface area contributed by atoms with Crippen LogP contribution in [0.5, 0.6) is 0 Å². The Balaban J connectivity index is 1.69. The van der Waals surface area contributed by atoms with Gasteiger partial charge in [-0.05, 0) is 12.3 Å². The van der Waals surface area contributed by atoms with Gasteiger partial charge in [-0.25, -0.2) is 0 Å². The van der Waals surface area contributed by atoms with Gasteiger partial charge in [-0.3, -0.25) is 4.79 Å². The molecule has 1 rings (SSSR count). The van der Waals surface area contributed by atoms with E-state index in [1.807, 2.05) is 0 Å². The largest absolute Gasteiger partial charge is 0.371 e. The van der Waals surface area contributed by atoms with Crippen LogP contribution < -0.4 is 5.32 Å². The Morgan fingerprint density at radius 3 is 1.95 bits per heavy atom. The van der Waals surface area contributed by atoms with Gasteiger partial charge in [0.05, 0.1) is 12.7 Å². The summed E-state index contributed by atoms with van der Waals surface area (Å²) in [6.07, 6.45) is 15.6. The maximum atomic E-state index is 11.5. The van der Waals surface area contributed by atoms with Crippen LogP contribution in [0, 0.1) is 5.92 Å². The number of nitrogens with one attached hydrogen (secondary N) is 1. The molecular formula is C19H37NO2. The molecule has 0 radical (unpaired) electrons. The molecule has 22 heavy (non-hydrogen) atoms. The van der Waals surface area contributed by atoms with E-state index in [0.717, 1.165) is 18.9 Å². The Kier molecular flexibility index (Phi) is 11.4. The van der Waals surface area contributed by atoms with E-state index in [1.54, 1.807) is 0 Å². The molecule has 3 nitrogen and oxygen atoms in total. The number of unbranched alkanes of at least 4 members (excludes halogenated alkanes) is 9. The van der Waals surface area contributed by atoms with Crippen LogP contribution in [0.2, 0.25) is 0 Å². The van der Waals surface area contributed by atoms with Crippen LogP contribution in [0.4, 0.5) is 0 Å². The molecule has 0 aromatic carbocycles. The quantitative estimate of drug-likeness (QED) is 0.347. The number of hydrogen-bond acceptors (Lipinski definition) is 2. The lowest BCUT2D eigenvalue weighted by molar-refractivity contribution is -0.121. The molecular weight excluding hydrogens is 274 g/mol. The molecule has 0 saturated carbocycles. The molecule has 1 atom stereocenters. The SMILES string of the molecule is CC(C)CCCCCCCCCCCCC(=O)NCC1CO1. The van der Waals surface area contributed by atoms with E-state index >= 15 is 0 Å². The van der Waals surface area contributed by atoms with E-state index in [-0.39, 0.29) is 5.91 Å². The zero-order chi connectivity index (χ0) is 16.0. The van der Waals surface area contributed by atoms with Gasteiger partial charge in [0.1, 0.15) is 0 Å². The highest BCUT2D eigenvalue weighted by molar-refractivity contribution is 5.75. The Morgan fingerprint density at radius 1 is 0.955 bits per heavy atom. The van der Waals surface area contributed by atoms with Crippen molar-refractivity contribution in [2.24, 2.45) is 5.92 Å². The highest BCUT2D eigenvalue weighted by Crippen LogP contribution is 2.13. The lowest BCUT2D eigenvalue weighted by atomic mass is 10.0. The lowest BCUT2D eigenvalue weighted by Crippen LogP contribution is -2.27. The smallest absolute Gasteiger partial charge is 0.220 e. The molecule has 130 valence electrons. The van der Waals surface area contributed by atoms with Gasteiger partial charge < -0.3 is 10.1 Å². The topological polar surface area (TPSA) is 41.6 Å². The molecule has 1 unspecified atom stereocenters. The minimum absolute atomic E-state index is 0.192. The molecule has 0 bridgehead atoms. The van der Waals surface area contributed by atoms with Crippen LogP contribution >= 0.6 is 0 Å². The highest BCUT2D eigenvalue weighted by Gasteiger charge is 2.22. The minimum Gasteiger partial charge on any atom is -0.371 e. The van der Waals surface area contributed by atoms with E-state index in [4.69, 9.17) is 4.74 Å². The van der Waals surface area contributed by atoms with Crippen molar-refractivity contribution < 1.29 is 9.53 Å². The maximum Gasteiger partial charge on any atom is 0.220 e. The van der Waals surface area contributed by atoms with E-state index < -0.39 is 0 Å². The summed E-state index contributed by atoms with van der Waals surface area (Å²) in [4.78, 5) is 11.5. The van der Waals surface area contributed by atoms with Crippen LogP contribution in [-0.4, -0.2) is 25.2 Å². The van der Waals surface area contributed by atoms with E-state index in [0.29, 0.717) is 19.1 Å². The van der Waals surface area contributed by atoms with Crippen molar-refractivity contribution in [2.75, 3.05) is 13.2 Å². The second-order valence-corrected chi connectivity index (χ2v) is 7.23. The normalized spacial score (nSPS) is 17.0. The van der Waals surface area contributed by atoms with E-state index in [2.05, 4.69) is 19.2 Å². The summed E-state index contributed by atoms with van der Waals surface area (Å²) in [7, 11) is 0. The highest BCUT2D eigenvalue weighted by atomic mass is 16.6. The third-order valence-corrected chi connectivity index (χ3v) is 4.36. The molecule has 0 aromatic rings. The Morgan fingerprint density at radius 2 is 1.45 bits per heavy atom. The Hall–Kier alpha value is -0.570. The lowest BCUT2D eigenvalue weighted by Gasteiger charge is -2.05. The molecule has 1 heterocycles. The van der Waals surface area contributed by atoms with Crippen molar-refractivity contribution in [3.05, 3.63) is 0 Å². The molecule has 1 amide bonds. The van der Waals surface area contributed by atoms with Gasteiger partial charge in [0.25, 0.3) is 0 Å². The first-order valence-corrected chi connectivity index (χ1v) is 9.57. The fourth-order valence-electron chi connectivity index (χ4n) is 2.75. The number of epoxide rings is 1. The zero-order valence-corrected chi connectivity index (χ0v) is 14.9. The predicted octanol–water partition coefficient (Wildman–Crippen LogP) is 4.84. The predicted molar refractivity (Wildman–Crippen MR) is 93.0 cm³/mol. The second-order valence-electron chi connectivity index (χ2n) is 7.23. The molecule has 0 aliphatic carbocycles. The van der Waals surface area contributed by atoms with Crippen LogP contribution in [0.3, 0.4) is 0 Å². The fraction of sp³-hybridized carbons (Fsp3) is 0.947. The standard InChI is InChI=1S/C19H37NO2/c1-17(2)13-11-9-7-5-3-4-6-8-10-12-14-19(21)20-15-18-16-22-18/h17-18H,3-16H2,1-2H3,(H,20,21). The number of rotatable bonds is 15. The first-order valence-electron chi connectivity index (χ1n) is 9.57. The Bertz CT molecular complexity index is 275. The molecule has 1 N–H and O–H groups in total. The third-order valence-electron chi connectivity index (χ3n) is 4.36. The van der Waals surface area contributed by atoms with Crippen molar-refractivity contribution in [2.45, 2.75) is 97.0 Å². The molecule has 1 saturated heterocycles. The van der Waals surface area contributed by atoms with Crippen LogP contribution in [0.1, 0.15) is 90.9 Å². The van der Waals surface area contributed by atoms with E-state index in [1.165, 1.54) is 64.2 Å². The molecule has 1 aliphatic rings. The number of amides is 1. The number of hydrogen-bond donors (Lipinski definition) is 1. The third kappa shape index (κ3) is 13.1. The van der Waals surface area contributed by atoms with Gasteiger partial charge in [0.2, 0.25) is 5.91 Å². The summed E-state index contributed by atoms with van der Waals surface area (Å²) in [5.74, 6) is 1.06. The Labute approximate surface area is 137 Å². The minimum atomic E-state index is 0.192. The van der Waals surface area contributed by atoms with Crippen LogP contribution in [0.15, 0.2) is 0 Å². The number of carbonyl (C=O) groups excluding carboxylic acids is 1. The van der Waals surface area contributed by atoms with Gasteiger partial charge in [-0.1, -0.05) is 78.1 Å². The fourth-order valence-corrected chi connectivity index (χ4v) is 2.75. The van der Waals surface area contributed by atoms with Gasteiger partial charge in [-0.2, -0.15) is 0 Å². The average molecular weight is 312 g/mol. The van der Waals surface area contributed by atoms with Crippen molar-refractivity contribution in [3.63, 3.8) is 0 Å². The molecule has 1 fully saturated rings. The van der Waals surface area contributed by atoms with Crippen molar-refractivity contribution in [1.82, 2.24) is 5.32 Å². The van der Waals surface area contributed by atoms with Crippen molar-refractivity contribution >= 4 is 5.91 Å². The molecule has 1 aliphatic heterocycles. The molecule has 3 heteroatoms. The monoisotopic (exact) mass is 311 g/mol. The van der Waals surface area contributed by atoms with Gasteiger partial charge >= 0.3 is 0 Å². The summed E-state index contributed by atoms with van der Waals surface area (Å²) < 4.78 is 5.07. The number of carbonyl (C=O) groups is 1. The average Bonchev–Trinajstić information content (AvgIpc) is 3.30. The summed E-state index contributed by atoms with van der Waals surface area (Å²) in [5, 5.41) is 2.92. The van der Waals surface area contributed by atoms with Gasteiger partial charge in [0.15, 0.2) is 0 Å². The summed E-state index contributed by atoms with van der Waals surface area (Å²) in [6.45, 7) is 6.14. The van der Waals surface area contributed by atoms with E-state index in [9.17, 15) is 4.79 Å². The van der Waals surface area contributed by atoms with Crippen molar-refractivity contribution in [3.8, 4) is 0 Å². The van der Waals surface area contributed by atoms with Crippen molar-refractivity contribution in [1.29, 1.82) is 0 Å². The van der Waals surface area contributed by atoms with Crippen LogP contribution in [0.25, 0.3) is 0 Å². The molecule has 0 spiro atoms. The first-order chi connectivity index (χ1) is 10.7. The second kappa shape index (κ2) is 12.9. The van der Waals surface area contributed by atoms with Gasteiger partial charge in [0, 0.05) is 13.0 Å². The summed E-state index contributed by atoms with van der Waals surface area (Å²) in [5.41, 5.74) is 0. The first kappa shape index (κ1) is 19.5. The maximum absolute atomic E-state index is 11.5. The summed E-state index contributed by atoms with van der Waals surface area (Å²) >= 11 is 0. The van der Waals surface area contributed by atoms with Crippen LogP contribution in [-0.2, 0) is 9.53 Å². The molecule has 0 aromatic heterocycles. The zero-order valence-electron chi connectivity index (χ0n) is 14.9.